The first-order valence-electron chi connectivity index (χ1n) is 6.25. The van der Waals surface area contributed by atoms with E-state index in [1.807, 2.05) is 30.3 Å². The van der Waals surface area contributed by atoms with E-state index < -0.39 is 0 Å². The maximum Gasteiger partial charge on any atom is 0.153 e. The van der Waals surface area contributed by atoms with Crippen LogP contribution in [-0.2, 0) is 0 Å². The van der Waals surface area contributed by atoms with Gasteiger partial charge in [-0.15, -0.1) is 0 Å². The Bertz CT molecular complexity index is 797. The van der Waals surface area contributed by atoms with Gasteiger partial charge in [0.1, 0.15) is 5.69 Å². The molecule has 3 aromatic rings. The van der Waals surface area contributed by atoms with E-state index in [4.69, 9.17) is 23.2 Å². The third-order valence-electron chi connectivity index (χ3n) is 3.08. The molecule has 0 radical (unpaired) electrons. The summed E-state index contributed by atoms with van der Waals surface area (Å²) in [6.07, 6.45) is 2.47. The number of carbonyl (C=O) groups excluding carboxylic acids is 1. The Hall–Kier alpha value is -2.10. The van der Waals surface area contributed by atoms with Crippen molar-refractivity contribution in [1.82, 2.24) is 9.78 Å². The van der Waals surface area contributed by atoms with E-state index in [0.717, 1.165) is 17.5 Å². The summed E-state index contributed by atoms with van der Waals surface area (Å²) in [6, 6.07) is 14.8. The highest BCUT2D eigenvalue weighted by molar-refractivity contribution is 6.42. The molecule has 0 spiro atoms. The molecular weight excluding hydrogens is 307 g/mol. The van der Waals surface area contributed by atoms with E-state index in [2.05, 4.69) is 5.10 Å². The fraction of sp³-hybridized carbons (Fsp3) is 0. The van der Waals surface area contributed by atoms with Crippen LogP contribution in [0.25, 0.3) is 16.9 Å². The summed E-state index contributed by atoms with van der Waals surface area (Å²) in [5, 5.41) is 5.40. The zero-order valence-electron chi connectivity index (χ0n) is 10.8. The molecule has 1 heterocycles. The molecule has 2 aromatic carbocycles. The maximum atomic E-state index is 11.3. The zero-order valence-corrected chi connectivity index (χ0v) is 12.3. The molecule has 0 bridgehead atoms. The highest BCUT2D eigenvalue weighted by Gasteiger charge is 2.12. The lowest BCUT2D eigenvalue weighted by atomic mass is 10.1. The van der Waals surface area contributed by atoms with Gasteiger partial charge in [0.25, 0.3) is 0 Å². The second-order valence-corrected chi connectivity index (χ2v) is 5.27. The van der Waals surface area contributed by atoms with Crippen LogP contribution in [-0.4, -0.2) is 16.1 Å². The third-order valence-corrected chi connectivity index (χ3v) is 3.82. The number of nitrogens with zero attached hydrogens (tertiary/aromatic N) is 2. The number of aldehydes is 1. The molecule has 3 rings (SSSR count). The normalized spacial score (nSPS) is 10.6. The van der Waals surface area contributed by atoms with Gasteiger partial charge in [0.2, 0.25) is 0 Å². The van der Waals surface area contributed by atoms with Crippen molar-refractivity contribution in [3.8, 4) is 16.9 Å². The molecule has 1 aromatic heterocycles. The van der Waals surface area contributed by atoms with Crippen LogP contribution < -0.4 is 0 Å². The van der Waals surface area contributed by atoms with Crippen molar-refractivity contribution in [2.75, 3.05) is 0 Å². The van der Waals surface area contributed by atoms with E-state index in [1.54, 1.807) is 29.1 Å². The number of hydrogen-bond acceptors (Lipinski definition) is 2. The fourth-order valence-electron chi connectivity index (χ4n) is 2.05. The lowest BCUT2D eigenvalue weighted by molar-refractivity contribution is 0.112. The molecule has 5 heteroatoms. The predicted molar refractivity (Wildman–Crippen MR) is 84.4 cm³/mol. The zero-order chi connectivity index (χ0) is 14.8. The number of benzene rings is 2. The van der Waals surface area contributed by atoms with Crippen molar-refractivity contribution in [3.05, 3.63) is 70.3 Å². The number of aromatic nitrogens is 2. The van der Waals surface area contributed by atoms with E-state index in [1.165, 1.54) is 0 Å². The maximum absolute atomic E-state index is 11.3. The second-order valence-electron chi connectivity index (χ2n) is 4.46. The van der Waals surface area contributed by atoms with Gasteiger partial charge in [-0.05, 0) is 18.2 Å². The van der Waals surface area contributed by atoms with Gasteiger partial charge in [0, 0.05) is 11.8 Å². The van der Waals surface area contributed by atoms with Crippen molar-refractivity contribution < 1.29 is 4.79 Å². The molecule has 0 amide bonds. The van der Waals surface area contributed by atoms with Crippen LogP contribution in [0.15, 0.2) is 54.7 Å². The standard InChI is InChI=1S/C16H10Cl2N2O/c17-14-7-6-13(8-15(14)18)20-9-12(10-21)16(19-20)11-4-2-1-3-5-11/h1-10H. The van der Waals surface area contributed by atoms with Crippen LogP contribution in [0.4, 0.5) is 0 Å². The van der Waals surface area contributed by atoms with Gasteiger partial charge in [0.15, 0.2) is 6.29 Å². The SMILES string of the molecule is O=Cc1cn(-c2ccc(Cl)c(Cl)c2)nc1-c1ccccc1. The molecule has 3 nitrogen and oxygen atoms in total. The van der Waals surface area contributed by atoms with Crippen LogP contribution in [0.2, 0.25) is 10.0 Å². The number of carbonyl (C=O) groups is 1. The highest BCUT2D eigenvalue weighted by Crippen LogP contribution is 2.26. The van der Waals surface area contributed by atoms with Crippen molar-refractivity contribution in [3.63, 3.8) is 0 Å². The monoisotopic (exact) mass is 316 g/mol. The first-order chi connectivity index (χ1) is 10.2. The lowest BCUT2D eigenvalue weighted by Gasteiger charge is -2.03. The average Bonchev–Trinajstić information content (AvgIpc) is 2.95. The smallest absolute Gasteiger partial charge is 0.153 e. The first kappa shape index (κ1) is 13.9. The summed E-state index contributed by atoms with van der Waals surface area (Å²) in [7, 11) is 0. The minimum absolute atomic E-state index is 0.443. The predicted octanol–water partition coefficient (Wildman–Crippen LogP) is 4.66. The summed E-state index contributed by atoms with van der Waals surface area (Å²) in [5.74, 6) is 0. The largest absolute Gasteiger partial charge is 0.298 e. The number of halogens is 2. The van der Waals surface area contributed by atoms with Gasteiger partial charge < -0.3 is 0 Å². The van der Waals surface area contributed by atoms with Crippen molar-refractivity contribution in [1.29, 1.82) is 0 Å². The topological polar surface area (TPSA) is 34.9 Å². The average molecular weight is 317 g/mol. The van der Waals surface area contributed by atoms with Crippen molar-refractivity contribution in [2.45, 2.75) is 0 Å². The van der Waals surface area contributed by atoms with Crippen LogP contribution in [0.5, 0.6) is 0 Å². The van der Waals surface area contributed by atoms with Gasteiger partial charge in [-0.3, -0.25) is 4.79 Å². The Kier molecular flexibility index (Phi) is 3.78. The van der Waals surface area contributed by atoms with Crippen LogP contribution in [0.3, 0.4) is 0 Å². The highest BCUT2D eigenvalue weighted by atomic mass is 35.5. The molecule has 0 fully saturated rings. The van der Waals surface area contributed by atoms with E-state index in [0.29, 0.717) is 21.3 Å². The van der Waals surface area contributed by atoms with Crippen LogP contribution in [0, 0.1) is 0 Å². The molecule has 104 valence electrons. The van der Waals surface area contributed by atoms with E-state index in [9.17, 15) is 4.79 Å². The van der Waals surface area contributed by atoms with Gasteiger partial charge in [-0.1, -0.05) is 53.5 Å². The molecule has 21 heavy (non-hydrogen) atoms. The molecule has 0 atom stereocenters. The van der Waals surface area contributed by atoms with E-state index >= 15 is 0 Å². The molecule has 0 saturated carbocycles. The van der Waals surface area contributed by atoms with Crippen LogP contribution >= 0.6 is 23.2 Å². The summed E-state index contributed by atoms with van der Waals surface area (Å²) in [4.78, 5) is 11.3. The minimum Gasteiger partial charge on any atom is -0.298 e. The molecule has 0 unspecified atom stereocenters. The van der Waals surface area contributed by atoms with Crippen molar-refractivity contribution in [2.24, 2.45) is 0 Å². The Morgan fingerprint density at radius 2 is 1.76 bits per heavy atom. The molecule has 0 saturated heterocycles. The first-order valence-corrected chi connectivity index (χ1v) is 7.00. The van der Waals surface area contributed by atoms with Crippen LogP contribution in [0.1, 0.15) is 10.4 Å². The summed E-state index contributed by atoms with van der Waals surface area (Å²) >= 11 is 11.9. The Morgan fingerprint density at radius 3 is 2.43 bits per heavy atom. The second kappa shape index (κ2) is 5.72. The minimum atomic E-state index is 0.443. The Labute approximate surface area is 131 Å². The van der Waals surface area contributed by atoms with E-state index in [-0.39, 0.29) is 0 Å². The summed E-state index contributed by atoms with van der Waals surface area (Å²) in [6.45, 7) is 0. The van der Waals surface area contributed by atoms with Crippen molar-refractivity contribution >= 4 is 29.5 Å². The number of hydrogen-bond donors (Lipinski definition) is 0. The quantitative estimate of drug-likeness (QED) is 0.659. The molecular formula is C16H10Cl2N2O. The van der Waals surface area contributed by atoms with Gasteiger partial charge in [-0.2, -0.15) is 5.10 Å². The van der Waals surface area contributed by atoms with Gasteiger partial charge in [-0.25, -0.2) is 4.68 Å². The molecule has 0 aliphatic carbocycles. The Morgan fingerprint density at radius 1 is 1.00 bits per heavy atom. The molecule has 0 aliphatic heterocycles. The fourth-order valence-corrected chi connectivity index (χ4v) is 2.35. The lowest BCUT2D eigenvalue weighted by Crippen LogP contribution is -1.94. The number of rotatable bonds is 3. The Balaban J connectivity index is 2.11. The summed E-state index contributed by atoms with van der Waals surface area (Å²) in [5.41, 5.74) is 2.79. The summed E-state index contributed by atoms with van der Waals surface area (Å²) < 4.78 is 1.62. The third kappa shape index (κ3) is 2.71. The van der Waals surface area contributed by atoms with Gasteiger partial charge in [0.05, 0.1) is 21.3 Å². The molecule has 0 N–H and O–H groups in total. The van der Waals surface area contributed by atoms with Gasteiger partial charge >= 0.3 is 0 Å². The molecule has 0 aliphatic rings.